The number of benzene rings is 2. The second-order valence-electron chi connectivity index (χ2n) is 9.73. The van der Waals surface area contributed by atoms with Crippen LogP contribution in [0.2, 0.25) is 0 Å². The van der Waals surface area contributed by atoms with E-state index in [-0.39, 0.29) is 18.2 Å². The molecule has 8 heteroatoms. The molecule has 2 N–H and O–H groups in total. The molecule has 1 aliphatic carbocycles. The van der Waals surface area contributed by atoms with Gasteiger partial charge in [-0.15, -0.1) is 0 Å². The Kier molecular flexibility index (Phi) is 6.76. The number of amides is 2. The third kappa shape index (κ3) is 4.72. The van der Waals surface area contributed by atoms with Crippen LogP contribution in [0.5, 0.6) is 0 Å². The molecule has 1 saturated carbocycles. The van der Waals surface area contributed by atoms with Gasteiger partial charge in [-0.1, -0.05) is 49.0 Å². The average molecular weight is 488 g/mol. The lowest BCUT2D eigenvalue weighted by atomic mass is 9.89. The summed E-state index contributed by atoms with van der Waals surface area (Å²) in [5, 5.41) is 12.6. The fraction of sp³-hybridized carbons (Fsp3) is 0.429. The van der Waals surface area contributed by atoms with Crippen molar-refractivity contribution in [1.82, 2.24) is 20.0 Å². The fourth-order valence-corrected chi connectivity index (χ4v) is 5.54. The van der Waals surface area contributed by atoms with Crippen molar-refractivity contribution in [3.8, 4) is 0 Å². The molecule has 0 bridgehead atoms. The number of rotatable bonds is 7. The molecule has 2 aromatic heterocycles. The molecule has 36 heavy (non-hydrogen) atoms. The summed E-state index contributed by atoms with van der Waals surface area (Å²) in [7, 11) is 0. The lowest BCUT2D eigenvalue weighted by molar-refractivity contribution is -0.121. The van der Waals surface area contributed by atoms with Crippen LogP contribution in [0.15, 0.2) is 47.0 Å². The molecule has 0 unspecified atom stereocenters. The number of carbonyl (C=O) groups excluding carboxylic acids is 2. The molecule has 1 fully saturated rings. The first-order chi connectivity index (χ1) is 17.5. The molecule has 188 valence electrons. The average Bonchev–Trinajstić information content (AvgIpc) is 3.39. The van der Waals surface area contributed by atoms with Crippen molar-refractivity contribution < 1.29 is 14.1 Å². The van der Waals surface area contributed by atoms with Crippen molar-refractivity contribution in [3.63, 3.8) is 0 Å². The van der Waals surface area contributed by atoms with Crippen LogP contribution in [0, 0.1) is 0 Å². The first kappa shape index (κ1) is 24.0. The van der Waals surface area contributed by atoms with Crippen LogP contribution in [-0.2, 0) is 28.1 Å². The van der Waals surface area contributed by atoms with Crippen LogP contribution in [0.4, 0.5) is 5.69 Å². The summed E-state index contributed by atoms with van der Waals surface area (Å²) in [6.45, 7) is 4.54. The van der Waals surface area contributed by atoms with Gasteiger partial charge in [0.1, 0.15) is 5.54 Å². The highest BCUT2D eigenvalue weighted by molar-refractivity contribution is 6.09. The molecule has 4 aromatic rings. The Balaban J connectivity index is 1.27. The van der Waals surface area contributed by atoms with Crippen LogP contribution in [0.3, 0.4) is 0 Å². The second kappa shape index (κ2) is 10.1. The molecular weight excluding hydrogens is 454 g/mol. The molecule has 0 saturated heterocycles. The van der Waals surface area contributed by atoms with Crippen LogP contribution >= 0.6 is 0 Å². The Morgan fingerprint density at radius 3 is 2.53 bits per heavy atom. The van der Waals surface area contributed by atoms with E-state index in [4.69, 9.17) is 4.52 Å². The van der Waals surface area contributed by atoms with E-state index in [0.717, 1.165) is 61.7 Å². The van der Waals surface area contributed by atoms with Crippen molar-refractivity contribution >= 4 is 39.3 Å². The number of carbonyl (C=O) groups is 2. The van der Waals surface area contributed by atoms with E-state index in [9.17, 15) is 9.59 Å². The number of nitrogens with zero attached hydrogens (tertiary/aromatic N) is 3. The second-order valence-corrected chi connectivity index (χ2v) is 9.73. The number of aromatic nitrogens is 3. The van der Waals surface area contributed by atoms with Gasteiger partial charge in [0.25, 0.3) is 0 Å². The minimum atomic E-state index is -0.584. The van der Waals surface area contributed by atoms with Gasteiger partial charge in [-0.05, 0) is 44.0 Å². The maximum Gasteiger partial charge on any atom is 0.227 e. The molecule has 8 nitrogen and oxygen atoms in total. The van der Waals surface area contributed by atoms with Gasteiger partial charge in [0.05, 0.1) is 0 Å². The minimum absolute atomic E-state index is 0.0957. The summed E-state index contributed by atoms with van der Waals surface area (Å²) in [5.41, 5.74) is 2.53. The first-order valence-electron chi connectivity index (χ1n) is 12.9. The Morgan fingerprint density at radius 1 is 1.03 bits per heavy atom. The summed E-state index contributed by atoms with van der Waals surface area (Å²) < 4.78 is 7.77. The minimum Gasteiger partial charge on any atom is -0.343 e. The van der Waals surface area contributed by atoms with Crippen molar-refractivity contribution in [3.05, 3.63) is 54.2 Å². The van der Waals surface area contributed by atoms with Gasteiger partial charge in [-0.3, -0.25) is 9.59 Å². The molecular formula is C28H33N5O3. The van der Waals surface area contributed by atoms with Crippen LogP contribution in [-0.4, -0.2) is 26.5 Å². The Labute approximate surface area is 210 Å². The van der Waals surface area contributed by atoms with Crippen LogP contribution < -0.4 is 10.6 Å². The molecule has 0 aliphatic heterocycles. The molecule has 1 aliphatic rings. The SMILES string of the molecule is CCn1c2ccccc2c2cc(NC(=O)CCc3nc(C4(NC(C)=O)CCCCCC4)no3)ccc21. The van der Waals surface area contributed by atoms with E-state index in [0.29, 0.717) is 18.1 Å². The summed E-state index contributed by atoms with van der Waals surface area (Å²) in [4.78, 5) is 29.3. The van der Waals surface area contributed by atoms with Crippen LogP contribution in [0.25, 0.3) is 21.8 Å². The van der Waals surface area contributed by atoms with Crippen molar-refractivity contribution in [2.45, 2.75) is 77.3 Å². The van der Waals surface area contributed by atoms with Gasteiger partial charge in [0, 0.05) is 53.8 Å². The molecule has 2 heterocycles. The molecule has 0 spiro atoms. The topological polar surface area (TPSA) is 102 Å². The lowest BCUT2D eigenvalue weighted by Gasteiger charge is -2.30. The number of para-hydroxylation sites is 1. The quantitative estimate of drug-likeness (QED) is 0.337. The van der Waals surface area contributed by atoms with Crippen molar-refractivity contribution in [1.29, 1.82) is 0 Å². The van der Waals surface area contributed by atoms with Crippen molar-refractivity contribution in [2.75, 3.05) is 5.32 Å². The molecule has 0 radical (unpaired) electrons. The van der Waals surface area contributed by atoms with Gasteiger partial charge in [0.2, 0.25) is 17.7 Å². The lowest BCUT2D eigenvalue weighted by Crippen LogP contribution is -2.45. The highest BCUT2D eigenvalue weighted by atomic mass is 16.5. The number of hydrogen-bond acceptors (Lipinski definition) is 5. The van der Waals surface area contributed by atoms with E-state index in [1.807, 2.05) is 24.3 Å². The van der Waals surface area contributed by atoms with Gasteiger partial charge in [-0.2, -0.15) is 4.98 Å². The third-order valence-electron chi connectivity index (χ3n) is 7.21. The van der Waals surface area contributed by atoms with Gasteiger partial charge in [0.15, 0.2) is 5.82 Å². The highest BCUT2D eigenvalue weighted by Crippen LogP contribution is 2.35. The largest absolute Gasteiger partial charge is 0.343 e. The predicted molar refractivity (Wildman–Crippen MR) is 140 cm³/mol. The van der Waals surface area contributed by atoms with E-state index < -0.39 is 5.54 Å². The molecule has 2 aromatic carbocycles. The zero-order valence-corrected chi connectivity index (χ0v) is 21.0. The number of aryl methyl sites for hydroxylation is 2. The predicted octanol–water partition coefficient (Wildman–Crippen LogP) is 5.45. The maximum absolute atomic E-state index is 12.7. The smallest absolute Gasteiger partial charge is 0.227 e. The number of anilines is 1. The zero-order chi connectivity index (χ0) is 25.1. The normalized spacial score (nSPS) is 15.6. The van der Waals surface area contributed by atoms with E-state index in [1.54, 1.807) is 0 Å². The number of hydrogen-bond donors (Lipinski definition) is 2. The maximum atomic E-state index is 12.7. The van der Waals surface area contributed by atoms with Gasteiger partial charge < -0.3 is 19.7 Å². The Hall–Kier alpha value is -3.68. The number of nitrogens with one attached hydrogen (secondary N) is 2. The van der Waals surface area contributed by atoms with E-state index in [1.165, 1.54) is 17.8 Å². The third-order valence-corrected chi connectivity index (χ3v) is 7.21. The first-order valence-corrected chi connectivity index (χ1v) is 12.9. The van der Waals surface area contributed by atoms with E-state index in [2.05, 4.69) is 50.5 Å². The van der Waals surface area contributed by atoms with Crippen molar-refractivity contribution in [2.24, 2.45) is 0 Å². The summed E-state index contributed by atoms with van der Waals surface area (Å²) in [6, 6.07) is 14.4. The summed E-state index contributed by atoms with van der Waals surface area (Å²) in [6.07, 6.45) is 6.44. The van der Waals surface area contributed by atoms with E-state index >= 15 is 0 Å². The molecule has 0 atom stereocenters. The highest BCUT2D eigenvalue weighted by Gasteiger charge is 2.38. The molecule has 5 rings (SSSR count). The fourth-order valence-electron chi connectivity index (χ4n) is 5.54. The number of fused-ring (bicyclic) bond motifs is 3. The van der Waals surface area contributed by atoms with Crippen LogP contribution in [0.1, 0.15) is 70.5 Å². The standard InChI is InChI=1S/C28H33N5O3/c1-3-33-23-11-7-6-10-21(23)22-18-20(12-13-24(22)33)29-25(35)14-15-26-30-27(32-36-26)28(31-19(2)34)16-8-4-5-9-17-28/h6-7,10-13,18H,3-5,8-9,14-17H2,1-2H3,(H,29,35)(H,31,34). The van der Waals surface area contributed by atoms with Gasteiger partial charge in [-0.25, -0.2) is 0 Å². The summed E-state index contributed by atoms with van der Waals surface area (Å²) >= 11 is 0. The molecule has 2 amide bonds. The zero-order valence-electron chi connectivity index (χ0n) is 21.0. The summed E-state index contributed by atoms with van der Waals surface area (Å²) in [5.74, 6) is 0.726. The monoisotopic (exact) mass is 487 g/mol. The Bertz CT molecular complexity index is 1390. The van der Waals surface area contributed by atoms with Gasteiger partial charge >= 0.3 is 0 Å². The Morgan fingerprint density at radius 2 is 1.78 bits per heavy atom.